The Hall–Kier alpha value is -1.86. The summed E-state index contributed by atoms with van der Waals surface area (Å²) in [6.07, 6.45) is 6.73. The van der Waals surface area contributed by atoms with E-state index in [1.807, 2.05) is 0 Å². The van der Waals surface area contributed by atoms with E-state index in [2.05, 4.69) is 83.1 Å². The molecule has 0 amide bonds. The highest BCUT2D eigenvalue weighted by molar-refractivity contribution is 6.09. The normalized spacial score (nSPS) is 21.6. The van der Waals surface area contributed by atoms with Crippen LogP contribution in [0.15, 0.2) is 48.5 Å². The Labute approximate surface area is 176 Å². The van der Waals surface area contributed by atoms with Gasteiger partial charge in [-0.15, -0.1) is 0 Å². The highest BCUT2D eigenvalue weighted by Gasteiger charge is 2.30. The molecule has 0 radical (unpaired) electrons. The number of benzene rings is 3. The van der Waals surface area contributed by atoms with Crippen LogP contribution in [0.4, 0.5) is 0 Å². The van der Waals surface area contributed by atoms with E-state index in [0.717, 1.165) is 11.8 Å². The molecule has 0 saturated heterocycles. The zero-order chi connectivity index (χ0) is 20.6. The molecule has 154 valence electrons. The lowest BCUT2D eigenvalue weighted by molar-refractivity contribution is -0.0954. The lowest BCUT2D eigenvalue weighted by atomic mass is 9.78. The molecule has 0 aliphatic heterocycles. The maximum absolute atomic E-state index is 6.69. The van der Waals surface area contributed by atoms with Gasteiger partial charge >= 0.3 is 0 Å². The van der Waals surface area contributed by atoms with Crippen molar-refractivity contribution >= 4 is 21.5 Å². The Morgan fingerprint density at radius 3 is 2.41 bits per heavy atom. The maximum atomic E-state index is 6.69. The second-order valence-electron chi connectivity index (χ2n) is 9.72. The molecule has 1 fully saturated rings. The highest BCUT2D eigenvalue weighted by Crippen LogP contribution is 2.38. The molecule has 29 heavy (non-hydrogen) atoms. The van der Waals surface area contributed by atoms with Crippen LogP contribution < -0.4 is 0 Å². The lowest BCUT2D eigenvalue weighted by Gasteiger charge is -2.37. The standard InChI is InChI=1S/C28H36O/c1-6-19(2)21-12-15-25(16-13-21)29-28(4,5)24-14-17-26-23(18-24)11-10-22-9-7-8-20(3)27(22)26/h7-11,14,17-19,21,25H,6,12-13,15-16H2,1-5H3. The molecule has 3 aromatic rings. The average Bonchev–Trinajstić information content (AvgIpc) is 2.73. The van der Waals surface area contributed by atoms with Gasteiger partial charge in [0, 0.05) is 0 Å². The molecule has 0 heterocycles. The van der Waals surface area contributed by atoms with E-state index in [-0.39, 0.29) is 5.60 Å². The van der Waals surface area contributed by atoms with Crippen LogP contribution in [0.5, 0.6) is 0 Å². The Morgan fingerprint density at radius 2 is 1.69 bits per heavy atom. The SMILES string of the molecule is CCC(C)C1CCC(OC(C)(C)c2ccc3c(ccc4cccc(C)c43)c2)CC1. The van der Waals surface area contributed by atoms with Gasteiger partial charge in [-0.1, -0.05) is 62.7 Å². The van der Waals surface area contributed by atoms with Crippen molar-refractivity contribution in [1.29, 1.82) is 0 Å². The van der Waals surface area contributed by atoms with Crippen molar-refractivity contribution < 1.29 is 4.74 Å². The van der Waals surface area contributed by atoms with Gasteiger partial charge in [0.25, 0.3) is 0 Å². The second-order valence-corrected chi connectivity index (χ2v) is 9.72. The summed E-state index contributed by atoms with van der Waals surface area (Å²) in [5, 5.41) is 5.34. The summed E-state index contributed by atoms with van der Waals surface area (Å²) in [6, 6.07) is 18.0. The summed E-state index contributed by atoms with van der Waals surface area (Å²) in [4.78, 5) is 0. The third-order valence-corrected chi connectivity index (χ3v) is 7.39. The molecule has 1 aliphatic carbocycles. The van der Waals surface area contributed by atoms with E-state index in [0.29, 0.717) is 6.10 Å². The number of fused-ring (bicyclic) bond motifs is 3. The molecule has 1 atom stereocenters. The zero-order valence-electron chi connectivity index (χ0n) is 18.8. The van der Waals surface area contributed by atoms with Gasteiger partial charge in [-0.05, 0) is 97.0 Å². The van der Waals surface area contributed by atoms with Crippen LogP contribution in [0.3, 0.4) is 0 Å². The Bertz CT molecular complexity index is 992. The minimum Gasteiger partial charge on any atom is -0.368 e. The highest BCUT2D eigenvalue weighted by atomic mass is 16.5. The first-order valence-electron chi connectivity index (χ1n) is 11.5. The van der Waals surface area contributed by atoms with Gasteiger partial charge in [0.15, 0.2) is 0 Å². The fourth-order valence-electron chi connectivity index (χ4n) is 5.27. The monoisotopic (exact) mass is 388 g/mol. The summed E-state index contributed by atoms with van der Waals surface area (Å²) in [5.41, 5.74) is 2.36. The zero-order valence-corrected chi connectivity index (χ0v) is 18.8. The predicted octanol–water partition coefficient (Wildman–Crippen LogP) is 8.16. The first-order valence-corrected chi connectivity index (χ1v) is 11.5. The molecule has 0 spiro atoms. The molecule has 1 saturated carbocycles. The molecular formula is C28H36O. The topological polar surface area (TPSA) is 9.23 Å². The summed E-state index contributed by atoms with van der Waals surface area (Å²) in [6.45, 7) is 11.4. The molecule has 4 rings (SSSR count). The number of aryl methyl sites for hydroxylation is 1. The summed E-state index contributed by atoms with van der Waals surface area (Å²) in [5.74, 6) is 1.74. The average molecular weight is 389 g/mol. The molecule has 1 aliphatic rings. The minimum absolute atomic E-state index is 0.261. The van der Waals surface area contributed by atoms with E-state index in [9.17, 15) is 0 Å². The van der Waals surface area contributed by atoms with Crippen molar-refractivity contribution in [3.63, 3.8) is 0 Å². The number of hydrogen-bond donors (Lipinski definition) is 0. The summed E-state index contributed by atoms with van der Waals surface area (Å²) >= 11 is 0. The Kier molecular flexibility index (Phi) is 5.71. The summed E-state index contributed by atoms with van der Waals surface area (Å²) < 4.78 is 6.69. The van der Waals surface area contributed by atoms with Crippen LogP contribution in [-0.4, -0.2) is 6.10 Å². The van der Waals surface area contributed by atoms with E-state index in [1.165, 1.54) is 64.8 Å². The van der Waals surface area contributed by atoms with Crippen LogP contribution in [0.1, 0.15) is 70.9 Å². The van der Waals surface area contributed by atoms with E-state index in [4.69, 9.17) is 4.74 Å². The molecule has 1 unspecified atom stereocenters. The number of ether oxygens (including phenoxy) is 1. The Balaban J connectivity index is 1.56. The van der Waals surface area contributed by atoms with Crippen molar-refractivity contribution in [3.8, 4) is 0 Å². The van der Waals surface area contributed by atoms with Gasteiger partial charge in [-0.2, -0.15) is 0 Å². The van der Waals surface area contributed by atoms with Gasteiger partial charge in [-0.3, -0.25) is 0 Å². The van der Waals surface area contributed by atoms with Crippen LogP contribution >= 0.6 is 0 Å². The van der Waals surface area contributed by atoms with Crippen LogP contribution in [0, 0.1) is 18.8 Å². The Morgan fingerprint density at radius 1 is 0.966 bits per heavy atom. The van der Waals surface area contributed by atoms with Crippen LogP contribution in [-0.2, 0) is 10.3 Å². The number of rotatable bonds is 5. The molecule has 0 N–H and O–H groups in total. The van der Waals surface area contributed by atoms with Gasteiger partial charge < -0.3 is 4.74 Å². The quantitative estimate of drug-likeness (QED) is 0.401. The second kappa shape index (κ2) is 8.11. The van der Waals surface area contributed by atoms with Crippen molar-refractivity contribution in [2.75, 3.05) is 0 Å². The third-order valence-electron chi connectivity index (χ3n) is 7.39. The van der Waals surface area contributed by atoms with Gasteiger partial charge in [0.05, 0.1) is 11.7 Å². The van der Waals surface area contributed by atoms with Crippen molar-refractivity contribution in [1.82, 2.24) is 0 Å². The van der Waals surface area contributed by atoms with Crippen molar-refractivity contribution in [3.05, 3.63) is 59.7 Å². The van der Waals surface area contributed by atoms with Gasteiger partial charge in [0.1, 0.15) is 0 Å². The fourth-order valence-corrected chi connectivity index (χ4v) is 5.27. The van der Waals surface area contributed by atoms with Gasteiger partial charge in [0.2, 0.25) is 0 Å². The third kappa shape index (κ3) is 4.08. The molecular weight excluding hydrogens is 352 g/mol. The molecule has 3 aromatic carbocycles. The van der Waals surface area contributed by atoms with E-state index in [1.54, 1.807) is 0 Å². The van der Waals surface area contributed by atoms with Crippen LogP contribution in [0.2, 0.25) is 0 Å². The van der Waals surface area contributed by atoms with Crippen LogP contribution in [0.25, 0.3) is 21.5 Å². The molecule has 0 bridgehead atoms. The molecule has 1 nitrogen and oxygen atoms in total. The largest absolute Gasteiger partial charge is 0.368 e. The minimum atomic E-state index is -0.261. The lowest BCUT2D eigenvalue weighted by Crippen LogP contribution is -2.32. The van der Waals surface area contributed by atoms with Gasteiger partial charge in [-0.25, -0.2) is 0 Å². The smallest absolute Gasteiger partial charge is 0.0879 e. The fraction of sp³-hybridized carbons (Fsp3) is 0.500. The van der Waals surface area contributed by atoms with Crippen molar-refractivity contribution in [2.45, 2.75) is 78.4 Å². The van der Waals surface area contributed by atoms with E-state index < -0.39 is 0 Å². The number of hydrogen-bond acceptors (Lipinski definition) is 1. The maximum Gasteiger partial charge on any atom is 0.0879 e. The first-order chi connectivity index (χ1) is 13.9. The first kappa shape index (κ1) is 20.4. The molecule has 0 aromatic heterocycles. The summed E-state index contributed by atoms with van der Waals surface area (Å²) in [7, 11) is 0. The van der Waals surface area contributed by atoms with E-state index >= 15 is 0 Å². The molecule has 1 heteroatoms. The predicted molar refractivity (Wildman–Crippen MR) is 126 cm³/mol. The van der Waals surface area contributed by atoms with Crippen molar-refractivity contribution in [2.24, 2.45) is 11.8 Å².